The minimum Gasteiger partial charge on any atom is -0.477 e. The van der Waals surface area contributed by atoms with Gasteiger partial charge in [-0.3, -0.25) is 20.2 Å². The van der Waals surface area contributed by atoms with Crippen LogP contribution in [0.4, 0.5) is 10.8 Å². The highest BCUT2D eigenvalue weighted by atomic mass is 32.2. The second-order valence-corrected chi connectivity index (χ2v) is 8.69. The number of aromatic nitrogens is 2. The van der Waals surface area contributed by atoms with E-state index in [9.17, 15) is 23.3 Å². The number of pyridine rings is 1. The van der Waals surface area contributed by atoms with E-state index >= 15 is 0 Å². The Balaban J connectivity index is 1.81. The molecule has 0 unspecified atom stereocenters. The average molecular weight is 434 g/mol. The van der Waals surface area contributed by atoms with Crippen molar-refractivity contribution in [2.45, 2.75) is 16.0 Å². The van der Waals surface area contributed by atoms with Crippen LogP contribution in [-0.2, 0) is 9.84 Å². The topological polar surface area (TPSA) is 141 Å². The van der Waals surface area contributed by atoms with Crippen LogP contribution in [0.25, 0.3) is 0 Å². The van der Waals surface area contributed by atoms with Gasteiger partial charge in [-0.1, -0.05) is 11.3 Å². The Kier molecular flexibility index (Phi) is 5.84. The lowest BCUT2D eigenvalue weighted by molar-refractivity contribution is -0.384. The maximum absolute atomic E-state index is 12.7. The van der Waals surface area contributed by atoms with E-state index in [1.165, 1.54) is 12.3 Å². The molecule has 1 aromatic carbocycles. The lowest BCUT2D eigenvalue weighted by Crippen LogP contribution is -2.14. The lowest BCUT2D eigenvalue weighted by atomic mass is 10.2. The van der Waals surface area contributed by atoms with E-state index in [1.807, 2.05) is 0 Å². The molecule has 3 aromatic rings. The van der Waals surface area contributed by atoms with Crippen molar-refractivity contribution in [2.24, 2.45) is 0 Å². The molecule has 0 aliphatic heterocycles. The van der Waals surface area contributed by atoms with E-state index in [2.05, 4.69) is 15.3 Å². The molecule has 0 fully saturated rings. The lowest BCUT2D eigenvalue weighted by Gasteiger charge is -2.07. The number of non-ortho nitro benzene ring substituents is 1. The number of carbonyl (C=O) groups excluding carboxylic acids is 1. The number of thiazole rings is 1. The second kappa shape index (κ2) is 8.32. The number of carbonyl (C=O) groups is 1. The molecule has 0 aliphatic rings. The van der Waals surface area contributed by atoms with Crippen LogP contribution in [0.2, 0.25) is 0 Å². The summed E-state index contributed by atoms with van der Waals surface area (Å²) in [5.41, 5.74) is -0.0351. The van der Waals surface area contributed by atoms with Gasteiger partial charge in [0, 0.05) is 18.3 Å². The van der Waals surface area contributed by atoms with Gasteiger partial charge in [0.05, 0.1) is 22.6 Å². The molecule has 10 nitrogen and oxygen atoms in total. The number of nitro benzene ring substituents is 1. The minimum absolute atomic E-state index is 0.0711. The van der Waals surface area contributed by atoms with Gasteiger partial charge in [0.15, 0.2) is 5.13 Å². The molecule has 3 rings (SSSR count). The number of benzene rings is 1. The van der Waals surface area contributed by atoms with Crippen LogP contribution in [0.3, 0.4) is 0 Å². The van der Waals surface area contributed by atoms with Gasteiger partial charge in [-0.25, -0.2) is 18.4 Å². The number of hydrogen-bond donors (Lipinski definition) is 1. The van der Waals surface area contributed by atoms with E-state index in [1.54, 1.807) is 13.0 Å². The Bertz CT molecular complexity index is 1160. The van der Waals surface area contributed by atoms with Gasteiger partial charge in [-0.05, 0) is 31.2 Å². The van der Waals surface area contributed by atoms with Gasteiger partial charge in [0.25, 0.3) is 11.6 Å². The Labute approximate surface area is 169 Å². The quantitative estimate of drug-likeness (QED) is 0.442. The molecule has 2 aromatic heterocycles. The van der Waals surface area contributed by atoms with Gasteiger partial charge in [-0.15, -0.1) is 0 Å². The molecule has 0 spiro atoms. The number of amides is 1. The summed E-state index contributed by atoms with van der Waals surface area (Å²) >= 11 is 0.761. The van der Waals surface area contributed by atoms with Crippen LogP contribution < -0.4 is 10.1 Å². The molecular formula is C17H14N4O6S2. The third kappa shape index (κ3) is 4.38. The van der Waals surface area contributed by atoms with Crippen LogP contribution in [-0.4, -0.2) is 35.8 Å². The molecule has 0 bridgehead atoms. The Morgan fingerprint density at radius 2 is 1.97 bits per heavy atom. The molecule has 29 heavy (non-hydrogen) atoms. The van der Waals surface area contributed by atoms with Crippen molar-refractivity contribution >= 4 is 37.9 Å². The smallest absolute Gasteiger partial charge is 0.269 e. The summed E-state index contributed by atoms with van der Waals surface area (Å²) in [6, 6.07) is 7.60. The first kappa shape index (κ1) is 20.4. The van der Waals surface area contributed by atoms with Crippen molar-refractivity contribution in [1.29, 1.82) is 0 Å². The third-order valence-corrected chi connectivity index (χ3v) is 6.77. The number of ether oxygens (including phenoxy) is 1. The summed E-state index contributed by atoms with van der Waals surface area (Å²) in [6.45, 7) is 2.08. The molecule has 0 saturated carbocycles. The fourth-order valence-corrected chi connectivity index (χ4v) is 4.71. The van der Waals surface area contributed by atoms with E-state index in [4.69, 9.17) is 4.74 Å². The zero-order valence-corrected chi connectivity index (χ0v) is 16.6. The van der Waals surface area contributed by atoms with Gasteiger partial charge < -0.3 is 4.74 Å². The zero-order valence-electron chi connectivity index (χ0n) is 14.9. The monoisotopic (exact) mass is 434 g/mol. The zero-order chi connectivity index (χ0) is 21.0. The van der Waals surface area contributed by atoms with Crippen molar-refractivity contribution in [3.05, 3.63) is 64.5 Å². The van der Waals surface area contributed by atoms with Crippen molar-refractivity contribution in [3.63, 3.8) is 0 Å². The standard InChI is InChI=1S/C17H14N4O6S2/c1-2-27-16-13(4-3-9-18-16)15(22)20-17-19-10-14(28-17)29(25,26)12-7-5-11(6-8-12)21(23)24/h3-10H,2H2,1H3,(H,19,20,22). The first-order valence-electron chi connectivity index (χ1n) is 8.17. The number of anilines is 1. The maximum atomic E-state index is 12.7. The SMILES string of the molecule is CCOc1ncccc1C(=O)Nc1ncc(S(=O)(=O)c2ccc([N+](=O)[O-])cc2)s1. The van der Waals surface area contributed by atoms with E-state index < -0.39 is 20.7 Å². The highest BCUT2D eigenvalue weighted by Crippen LogP contribution is 2.30. The van der Waals surface area contributed by atoms with Gasteiger partial charge in [0.2, 0.25) is 15.7 Å². The number of hydrogen-bond acceptors (Lipinski definition) is 9. The van der Waals surface area contributed by atoms with Gasteiger partial charge in [-0.2, -0.15) is 0 Å². The predicted octanol–water partition coefficient (Wildman–Crippen LogP) is 2.93. The number of sulfone groups is 1. The Hall–Kier alpha value is -3.38. The largest absolute Gasteiger partial charge is 0.477 e. The van der Waals surface area contributed by atoms with E-state index in [-0.39, 0.29) is 31.4 Å². The van der Waals surface area contributed by atoms with E-state index in [0.717, 1.165) is 41.8 Å². The van der Waals surface area contributed by atoms with Crippen LogP contribution in [0, 0.1) is 10.1 Å². The fraction of sp³-hybridized carbons (Fsp3) is 0.118. The Morgan fingerprint density at radius 3 is 2.62 bits per heavy atom. The van der Waals surface area contributed by atoms with Crippen LogP contribution in [0.5, 0.6) is 5.88 Å². The number of nitrogens with one attached hydrogen (secondary N) is 1. The molecule has 0 aliphatic carbocycles. The normalized spacial score (nSPS) is 11.1. The molecule has 1 N–H and O–H groups in total. The van der Waals surface area contributed by atoms with Gasteiger partial charge >= 0.3 is 0 Å². The third-order valence-electron chi connectivity index (χ3n) is 3.62. The average Bonchev–Trinajstić information content (AvgIpc) is 3.18. The highest BCUT2D eigenvalue weighted by molar-refractivity contribution is 7.93. The van der Waals surface area contributed by atoms with E-state index in [0.29, 0.717) is 6.61 Å². The minimum atomic E-state index is -3.93. The molecule has 1 amide bonds. The first-order chi connectivity index (χ1) is 13.8. The Morgan fingerprint density at radius 1 is 1.24 bits per heavy atom. The molecule has 12 heteroatoms. The molecule has 0 radical (unpaired) electrons. The van der Waals surface area contributed by atoms with Crippen molar-refractivity contribution in [3.8, 4) is 5.88 Å². The summed E-state index contributed by atoms with van der Waals surface area (Å²) in [5.74, 6) is -0.391. The summed E-state index contributed by atoms with van der Waals surface area (Å²) < 4.78 is 30.6. The predicted molar refractivity (Wildman–Crippen MR) is 104 cm³/mol. The number of nitro groups is 1. The van der Waals surface area contributed by atoms with Gasteiger partial charge in [0.1, 0.15) is 9.77 Å². The van der Waals surface area contributed by atoms with Crippen LogP contribution in [0.15, 0.2) is 57.9 Å². The summed E-state index contributed by atoms with van der Waals surface area (Å²) in [7, 11) is -3.93. The molecular weight excluding hydrogens is 420 g/mol. The van der Waals surface area contributed by atoms with Crippen molar-refractivity contribution in [2.75, 3.05) is 11.9 Å². The van der Waals surface area contributed by atoms with Crippen LogP contribution in [0.1, 0.15) is 17.3 Å². The summed E-state index contributed by atoms with van der Waals surface area (Å²) in [4.78, 5) is 30.4. The first-order valence-corrected chi connectivity index (χ1v) is 10.5. The molecule has 0 atom stereocenters. The fourth-order valence-electron chi connectivity index (χ4n) is 2.28. The molecule has 0 saturated heterocycles. The van der Waals surface area contributed by atoms with Crippen LogP contribution >= 0.6 is 11.3 Å². The summed E-state index contributed by atoms with van der Waals surface area (Å²) in [6.07, 6.45) is 2.60. The van der Waals surface area contributed by atoms with Crippen molar-refractivity contribution in [1.82, 2.24) is 9.97 Å². The molecule has 150 valence electrons. The second-order valence-electron chi connectivity index (χ2n) is 5.48. The summed E-state index contributed by atoms with van der Waals surface area (Å²) in [5, 5.41) is 13.3. The number of nitrogens with zero attached hydrogens (tertiary/aromatic N) is 3. The number of rotatable bonds is 7. The maximum Gasteiger partial charge on any atom is 0.269 e. The highest BCUT2D eigenvalue weighted by Gasteiger charge is 2.23. The van der Waals surface area contributed by atoms with Crippen molar-refractivity contribution < 1.29 is 22.9 Å². The molecule has 2 heterocycles.